The molecule has 0 fully saturated rings. The molecule has 0 aliphatic carbocycles. The van der Waals surface area contributed by atoms with Gasteiger partial charge >= 0.3 is 0 Å². The Labute approximate surface area is 86.3 Å². The van der Waals surface area contributed by atoms with Crippen LogP contribution < -0.4 is 0 Å². The molecule has 14 heavy (non-hydrogen) atoms. The van der Waals surface area contributed by atoms with Crippen LogP contribution in [-0.4, -0.2) is 11.3 Å². The first-order valence-electron chi connectivity index (χ1n) is 3.58. The molecule has 0 unspecified atom stereocenters. The maximum absolute atomic E-state index is 13.0. The Morgan fingerprint density at radius 2 is 2.21 bits per heavy atom. The summed E-state index contributed by atoms with van der Waals surface area (Å²) in [6.07, 6.45) is -2.59. The van der Waals surface area contributed by atoms with Gasteiger partial charge in [0, 0.05) is 16.5 Å². The van der Waals surface area contributed by atoms with Crippen molar-refractivity contribution in [2.45, 2.75) is 11.8 Å². The summed E-state index contributed by atoms with van der Waals surface area (Å²) >= 11 is 2.87. The number of rotatable bonds is 3. The third kappa shape index (κ3) is 2.12. The molecule has 1 aromatic heterocycles. The van der Waals surface area contributed by atoms with Gasteiger partial charge in [-0.1, -0.05) is 15.9 Å². The quantitative estimate of drug-likeness (QED) is 0.479. The zero-order valence-electron chi connectivity index (χ0n) is 6.81. The van der Waals surface area contributed by atoms with Crippen LogP contribution in [0.25, 0.3) is 0 Å². The van der Waals surface area contributed by atoms with Gasteiger partial charge in [0.15, 0.2) is 6.29 Å². The second-order valence-electron chi connectivity index (χ2n) is 2.46. The molecule has 0 saturated carbocycles. The number of aromatic nitrogens is 1. The third-order valence-corrected chi connectivity index (χ3v) is 2.18. The van der Waals surface area contributed by atoms with Crippen molar-refractivity contribution in [1.29, 1.82) is 0 Å². The number of halogens is 4. The molecule has 0 aliphatic rings. The fourth-order valence-electron chi connectivity index (χ4n) is 0.966. The largest absolute Gasteiger partial charge is 0.296 e. The van der Waals surface area contributed by atoms with Crippen molar-refractivity contribution in [1.82, 2.24) is 4.98 Å². The number of aldehydes is 1. The first-order chi connectivity index (χ1) is 6.60. The summed E-state index contributed by atoms with van der Waals surface area (Å²) in [7, 11) is 0. The number of hydrogen-bond acceptors (Lipinski definition) is 2. The van der Waals surface area contributed by atoms with E-state index in [4.69, 9.17) is 0 Å². The van der Waals surface area contributed by atoms with Gasteiger partial charge in [0.1, 0.15) is 5.69 Å². The number of hydrogen-bond donors (Lipinski definition) is 0. The van der Waals surface area contributed by atoms with Crippen molar-refractivity contribution in [3.63, 3.8) is 0 Å². The van der Waals surface area contributed by atoms with Crippen molar-refractivity contribution in [2.24, 2.45) is 0 Å². The molecule has 0 spiro atoms. The average Bonchev–Trinajstić information content (AvgIpc) is 2.16. The highest BCUT2D eigenvalue weighted by Gasteiger charge is 2.18. The first-order valence-corrected chi connectivity index (χ1v) is 4.71. The average molecular weight is 268 g/mol. The zero-order valence-corrected chi connectivity index (χ0v) is 8.39. The second kappa shape index (κ2) is 4.54. The highest BCUT2D eigenvalue weighted by Crippen LogP contribution is 2.26. The van der Waals surface area contributed by atoms with Crippen LogP contribution in [0.1, 0.15) is 28.0 Å². The van der Waals surface area contributed by atoms with E-state index in [0.717, 1.165) is 6.07 Å². The van der Waals surface area contributed by atoms with Gasteiger partial charge < -0.3 is 0 Å². The van der Waals surface area contributed by atoms with Gasteiger partial charge in [-0.25, -0.2) is 13.8 Å². The summed E-state index contributed by atoms with van der Waals surface area (Å²) in [6.45, 7) is 0. The van der Waals surface area contributed by atoms with Crippen LogP contribution in [0.15, 0.2) is 6.07 Å². The van der Waals surface area contributed by atoms with Crippen molar-refractivity contribution in [3.8, 4) is 0 Å². The van der Waals surface area contributed by atoms with Gasteiger partial charge in [-0.05, 0) is 6.07 Å². The minimum atomic E-state index is -2.82. The van der Waals surface area contributed by atoms with E-state index in [1.54, 1.807) is 0 Å². The van der Waals surface area contributed by atoms with Crippen LogP contribution in [0, 0.1) is 5.95 Å². The minimum absolute atomic E-state index is 0.0648. The fourth-order valence-corrected chi connectivity index (χ4v) is 1.52. The number of nitrogens with zero attached hydrogens (tertiary/aromatic N) is 1. The molecule has 2 nitrogen and oxygen atoms in total. The Kier molecular flexibility index (Phi) is 3.62. The Bertz CT molecular complexity index is 357. The minimum Gasteiger partial charge on any atom is -0.296 e. The highest BCUT2D eigenvalue weighted by molar-refractivity contribution is 9.08. The topological polar surface area (TPSA) is 30.0 Å². The number of pyridine rings is 1. The van der Waals surface area contributed by atoms with E-state index >= 15 is 0 Å². The monoisotopic (exact) mass is 267 g/mol. The van der Waals surface area contributed by atoms with Gasteiger partial charge in [0.2, 0.25) is 5.95 Å². The molecule has 0 aliphatic heterocycles. The van der Waals surface area contributed by atoms with Crippen molar-refractivity contribution < 1.29 is 18.0 Å². The van der Waals surface area contributed by atoms with Gasteiger partial charge in [-0.3, -0.25) is 4.79 Å². The second-order valence-corrected chi connectivity index (χ2v) is 3.02. The number of alkyl halides is 3. The summed E-state index contributed by atoms with van der Waals surface area (Å²) in [4.78, 5) is 13.5. The normalized spacial score (nSPS) is 10.6. The van der Waals surface area contributed by atoms with E-state index in [2.05, 4.69) is 20.9 Å². The SMILES string of the molecule is O=Cc1cc(C(F)F)c(CBr)c(F)n1. The highest BCUT2D eigenvalue weighted by atomic mass is 79.9. The molecule has 6 heteroatoms. The lowest BCUT2D eigenvalue weighted by atomic mass is 10.1. The van der Waals surface area contributed by atoms with Gasteiger partial charge in [-0.15, -0.1) is 0 Å². The van der Waals surface area contributed by atoms with Gasteiger partial charge in [0.05, 0.1) is 0 Å². The molecule has 1 rings (SSSR count). The molecule has 0 amide bonds. The van der Waals surface area contributed by atoms with Crippen LogP contribution in [0.5, 0.6) is 0 Å². The van der Waals surface area contributed by atoms with E-state index in [9.17, 15) is 18.0 Å². The summed E-state index contributed by atoms with van der Waals surface area (Å²) in [5.74, 6) is -1.04. The maximum atomic E-state index is 13.0. The maximum Gasteiger partial charge on any atom is 0.264 e. The Morgan fingerprint density at radius 3 is 2.64 bits per heavy atom. The lowest BCUT2D eigenvalue weighted by Gasteiger charge is -2.07. The third-order valence-electron chi connectivity index (χ3n) is 1.62. The lowest BCUT2D eigenvalue weighted by Crippen LogP contribution is -2.02. The lowest BCUT2D eigenvalue weighted by molar-refractivity contribution is 0.111. The Hall–Kier alpha value is -0.910. The number of carbonyl (C=O) groups excluding carboxylic acids is 1. The van der Waals surface area contributed by atoms with Gasteiger partial charge in [0.25, 0.3) is 6.43 Å². The van der Waals surface area contributed by atoms with E-state index in [1.165, 1.54) is 0 Å². The summed E-state index contributed by atoms with van der Waals surface area (Å²) < 4.78 is 37.8. The summed E-state index contributed by atoms with van der Waals surface area (Å²) in [5, 5.41) is -0.0648. The van der Waals surface area contributed by atoms with Crippen molar-refractivity contribution in [3.05, 3.63) is 28.8 Å². The van der Waals surface area contributed by atoms with E-state index in [1.807, 2.05) is 0 Å². The predicted molar refractivity (Wildman–Crippen MR) is 47.2 cm³/mol. The van der Waals surface area contributed by atoms with Crippen LogP contribution >= 0.6 is 15.9 Å². The molecule has 76 valence electrons. The van der Waals surface area contributed by atoms with Crippen molar-refractivity contribution >= 4 is 22.2 Å². The van der Waals surface area contributed by atoms with Gasteiger partial charge in [-0.2, -0.15) is 4.39 Å². The molecular formula is C8H5BrF3NO. The van der Waals surface area contributed by atoms with E-state index in [0.29, 0.717) is 0 Å². The molecule has 0 radical (unpaired) electrons. The van der Waals surface area contributed by atoms with Crippen LogP contribution in [0.3, 0.4) is 0 Å². The standard InChI is InChI=1S/C8H5BrF3NO/c9-2-6-5(7(10)11)1-4(3-14)13-8(6)12/h1,3,7H,2H2. The number of carbonyl (C=O) groups is 1. The van der Waals surface area contributed by atoms with E-state index < -0.39 is 17.9 Å². The van der Waals surface area contributed by atoms with E-state index in [-0.39, 0.29) is 22.9 Å². The molecule has 0 aromatic carbocycles. The van der Waals surface area contributed by atoms with Crippen molar-refractivity contribution in [2.75, 3.05) is 0 Å². The summed E-state index contributed by atoms with van der Waals surface area (Å²) in [6, 6.07) is 0.886. The zero-order chi connectivity index (χ0) is 10.7. The molecule has 1 aromatic rings. The van der Waals surface area contributed by atoms with Crippen LogP contribution in [0.2, 0.25) is 0 Å². The Balaban J connectivity index is 3.35. The van der Waals surface area contributed by atoms with Crippen LogP contribution in [0.4, 0.5) is 13.2 Å². The molecule has 0 N–H and O–H groups in total. The molecule has 0 saturated heterocycles. The predicted octanol–water partition coefficient (Wildman–Crippen LogP) is 2.87. The smallest absolute Gasteiger partial charge is 0.264 e. The summed E-state index contributed by atoms with van der Waals surface area (Å²) in [5.41, 5.74) is -1.05. The molecule has 1 heterocycles. The Morgan fingerprint density at radius 1 is 1.57 bits per heavy atom. The van der Waals surface area contributed by atoms with Crippen LogP contribution in [-0.2, 0) is 5.33 Å². The first kappa shape index (κ1) is 11.2. The molecule has 0 atom stereocenters. The molecule has 0 bridgehead atoms. The molecular weight excluding hydrogens is 263 g/mol. The fraction of sp³-hybridized carbons (Fsp3) is 0.250.